The molecule has 8 nitrogen and oxygen atoms in total. The first-order valence-electron chi connectivity index (χ1n) is 8.42. The molecule has 0 radical (unpaired) electrons. The third-order valence-electron chi connectivity index (χ3n) is 4.79. The van der Waals surface area contributed by atoms with Crippen LogP contribution in [0, 0.1) is 5.92 Å². The molecule has 1 aromatic carbocycles. The number of nitrogens with zero attached hydrogens (tertiary/aromatic N) is 1. The number of aliphatic hydroxyl groups is 1. The van der Waals surface area contributed by atoms with Crippen LogP contribution in [-0.2, 0) is 0 Å². The largest absolute Gasteiger partial charge is 0.454 e. The minimum atomic E-state index is -5.33. The van der Waals surface area contributed by atoms with Crippen LogP contribution in [0.4, 0.5) is 18.0 Å². The molecule has 0 aliphatic carbocycles. The molecule has 4 rings (SSSR count). The Morgan fingerprint density at radius 1 is 1.24 bits per heavy atom. The van der Waals surface area contributed by atoms with Crippen LogP contribution in [0.25, 0.3) is 0 Å². The number of nitrogens with one attached hydrogen (secondary N) is 2. The van der Waals surface area contributed by atoms with Crippen LogP contribution in [0.5, 0.6) is 11.5 Å². The van der Waals surface area contributed by atoms with Gasteiger partial charge in [0, 0.05) is 18.0 Å². The fraction of sp³-hybridized carbons (Fsp3) is 0.278. The van der Waals surface area contributed by atoms with Gasteiger partial charge in [0.05, 0.1) is 6.04 Å². The summed E-state index contributed by atoms with van der Waals surface area (Å²) in [6, 6.07) is 4.08. The highest BCUT2D eigenvalue weighted by Gasteiger charge is 2.66. The lowest BCUT2D eigenvalue weighted by atomic mass is 9.77. The summed E-state index contributed by atoms with van der Waals surface area (Å²) >= 11 is 0. The minimum Gasteiger partial charge on any atom is -0.454 e. The van der Waals surface area contributed by atoms with Crippen molar-refractivity contribution >= 4 is 11.8 Å². The second-order valence-corrected chi connectivity index (χ2v) is 6.54. The summed E-state index contributed by atoms with van der Waals surface area (Å²) in [7, 11) is 0. The quantitative estimate of drug-likeness (QED) is 0.669. The number of hydrogen-bond acceptors (Lipinski definition) is 6. The summed E-state index contributed by atoms with van der Waals surface area (Å²) < 4.78 is 51.9. The van der Waals surface area contributed by atoms with Crippen LogP contribution in [0.1, 0.15) is 22.0 Å². The van der Waals surface area contributed by atoms with Crippen molar-refractivity contribution in [2.24, 2.45) is 5.92 Å². The molecule has 3 N–H and O–H groups in total. The van der Waals surface area contributed by atoms with Gasteiger partial charge in [-0.05, 0) is 29.8 Å². The van der Waals surface area contributed by atoms with Gasteiger partial charge in [-0.2, -0.15) is 13.2 Å². The number of hydrogen-bond donors (Lipinski definition) is 3. The Morgan fingerprint density at radius 2 is 2.00 bits per heavy atom. The summed E-state index contributed by atoms with van der Waals surface area (Å²) in [6.07, 6.45) is -2.89. The Morgan fingerprint density at radius 3 is 2.69 bits per heavy atom. The van der Waals surface area contributed by atoms with Crippen molar-refractivity contribution in [3.05, 3.63) is 53.9 Å². The Kier molecular flexibility index (Phi) is 4.34. The molecular formula is C18H14F3N3O5. The maximum Gasteiger partial charge on any atom is 0.437 e. The van der Waals surface area contributed by atoms with E-state index in [1.807, 2.05) is 0 Å². The maximum atomic E-state index is 13.8. The number of benzene rings is 1. The van der Waals surface area contributed by atoms with E-state index in [9.17, 15) is 27.9 Å². The second kappa shape index (κ2) is 6.62. The van der Waals surface area contributed by atoms with E-state index >= 15 is 0 Å². The monoisotopic (exact) mass is 409 g/mol. The summed E-state index contributed by atoms with van der Waals surface area (Å²) in [4.78, 5) is 28.8. The van der Waals surface area contributed by atoms with E-state index < -0.39 is 35.7 Å². The lowest BCUT2D eigenvalue weighted by Gasteiger charge is -2.45. The number of carbonyl (C=O) groups excluding carboxylic acids is 2. The molecule has 2 aromatic rings. The average molecular weight is 409 g/mol. The highest BCUT2D eigenvalue weighted by molar-refractivity contribution is 6.00. The predicted molar refractivity (Wildman–Crippen MR) is 90.0 cm³/mol. The molecule has 2 aliphatic heterocycles. The van der Waals surface area contributed by atoms with Gasteiger partial charge in [-0.1, -0.05) is 6.07 Å². The number of amides is 2. The van der Waals surface area contributed by atoms with E-state index in [1.54, 1.807) is 0 Å². The molecule has 0 unspecified atom stereocenters. The Hall–Kier alpha value is -3.34. The van der Waals surface area contributed by atoms with Crippen LogP contribution >= 0.6 is 0 Å². The van der Waals surface area contributed by atoms with Crippen molar-refractivity contribution in [1.82, 2.24) is 15.6 Å². The Balaban J connectivity index is 1.84. The van der Waals surface area contributed by atoms with Crippen LogP contribution in [-0.4, -0.2) is 40.6 Å². The molecule has 0 saturated carbocycles. The SMILES string of the molecule is O=C1N[C@H](c2ccc3c(c2)OCO3)[C@@H](C(=O)c2cccnc2)[C@](O)(C(F)(F)F)N1. The smallest absolute Gasteiger partial charge is 0.437 e. The molecule has 11 heteroatoms. The highest BCUT2D eigenvalue weighted by Crippen LogP contribution is 2.45. The molecule has 0 spiro atoms. The number of urea groups is 1. The second-order valence-electron chi connectivity index (χ2n) is 6.54. The minimum absolute atomic E-state index is 0.0676. The molecule has 152 valence electrons. The zero-order valence-corrected chi connectivity index (χ0v) is 14.6. The number of halogens is 3. The molecule has 3 atom stereocenters. The predicted octanol–water partition coefficient (Wildman–Crippen LogP) is 1.91. The average Bonchev–Trinajstić information content (AvgIpc) is 3.14. The van der Waals surface area contributed by atoms with E-state index in [-0.39, 0.29) is 23.7 Å². The number of carbonyl (C=O) groups is 2. The molecule has 29 heavy (non-hydrogen) atoms. The van der Waals surface area contributed by atoms with E-state index in [2.05, 4.69) is 10.3 Å². The normalized spacial score (nSPS) is 25.9. The van der Waals surface area contributed by atoms with E-state index in [0.717, 1.165) is 6.20 Å². The summed E-state index contributed by atoms with van der Waals surface area (Å²) in [5.41, 5.74) is -3.82. The van der Waals surface area contributed by atoms with Gasteiger partial charge in [-0.15, -0.1) is 0 Å². The van der Waals surface area contributed by atoms with E-state index in [0.29, 0.717) is 5.75 Å². The third kappa shape index (κ3) is 3.12. The highest BCUT2D eigenvalue weighted by atomic mass is 19.4. The van der Waals surface area contributed by atoms with Crippen LogP contribution in [0.15, 0.2) is 42.7 Å². The number of ether oxygens (including phenoxy) is 2. The number of pyridine rings is 1. The van der Waals surface area contributed by atoms with Crippen LogP contribution in [0.2, 0.25) is 0 Å². The fourth-order valence-electron chi connectivity index (χ4n) is 3.41. The lowest BCUT2D eigenvalue weighted by molar-refractivity contribution is -0.287. The molecule has 1 aromatic heterocycles. The fourth-order valence-corrected chi connectivity index (χ4v) is 3.41. The first-order chi connectivity index (χ1) is 13.7. The number of Topliss-reactive ketones (excluding diaryl/α,β-unsaturated/α-hetero) is 1. The van der Waals surface area contributed by atoms with Gasteiger partial charge >= 0.3 is 12.2 Å². The van der Waals surface area contributed by atoms with Gasteiger partial charge in [0.25, 0.3) is 0 Å². The van der Waals surface area contributed by atoms with E-state index in [1.165, 1.54) is 41.8 Å². The Labute approximate surface area is 161 Å². The van der Waals surface area contributed by atoms with Gasteiger partial charge in [0.2, 0.25) is 12.5 Å². The maximum absolute atomic E-state index is 13.8. The molecule has 1 fully saturated rings. The topological polar surface area (TPSA) is 110 Å². The van der Waals surface area contributed by atoms with Gasteiger partial charge in [0.1, 0.15) is 5.92 Å². The number of ketones is 1. The van der Waals surface area contributed by atoms with Gasteiger partial charge in [-0.3, -0.25) is 9.78 Å². The van der Waals surface area contributed by atoms with Gasteiger partial charge in [-0.25, -0.2) is 4.79 Å². The van der Waals surface area contributed by atoms with Crippen LogP contribution in [0.3, 0.4) is 0 Å². The summed E-state index contributed by atoms with van der Waals surface area (Å²) in [5.74, 6) is -2.56. The van der Waals surface area contributed by atoms with Crippen molar-refractivity contribution < 1.29 is 37.3 Å². The number of aromatic nitrogens is 1. The summed E-state index contributed by atoms with van der Waals surface area (Å²) in [6.45, 7) is -0.0676. The lowest BCUT2D eigenvalue weighted by Crippen LogP contribution is -2.72. The van der Waals surface area contributed by atoms with Crippen molar-refractivity contribution in [3.63, 3.8) is 0 Å². The van der Waals surface area contributed by atoms with E-state index in [4.69, 9.17) is 9.47 Å². The number of alkyl halides is 3. The molecule has 2 aliphatic rings. The molecular weight excluding hydrogens is 395 g/mol. The standard InChI is InChI=1S/C18H14F3N3O5/c19-18(20,21)17(27)13(15(25)10-2-1-5-22-7-10)14(23-16(26)24-17)9-3-4-11-12(6-9)29-8-28-11/h1-7,13-14,27H,8H2,(H2,23,24,26)/t13-,14+,17-/m0/s1. The summed E-state index contributed by atoms with van der Waals surface area (Å²) in [5, 5.41) is 14.3. The number of fused-ring (bicyclic) bond motifs is 1. The first-order valence-corrected chi connectivity index (χ1v) is 8.42. The van der Waals surface area contributed by atoms with Crippen molar-refractivity contribution in [3.8, 4) is 11.5 Å². The molecule has 0 bridgehead atoms. The zero-order valence-electron chi connectivity index (χ0n) is 14.6. The van der Waals surface area contributed by atoms with Gasteiger partial charge in [0.15, 0.2) is 17.3 Å². The third-order valence-corrected chi connectivity index (χ3v) is 4.79. The molecule has 1 saturated heterocycles. The first kappa shape index (κ1) is 19.0. The van der Waals surface area contributed by atoms with Crippen molar-refractivity contribution in [1.29, 1.82) is 0 Å². The molecule has 3 heterocycles. The molecule has 2 amide bonds. The van der Waals surface area contributed by atoms with Crippen molar-refractivity contribution in [2.75, 3.05) is 6.79 Å². The van der Waals surface area contributed by atoms with Gasteiger partial charge < -0.3 is 25.2 Å². The van der Waals surface area contributed by atoms with Crippen molar-refractivity contribution in [2.45, 2.75) is 17.9 Å². The zero-order chi connectivity index (χ0) is 20.8. The Bertz CT molecular complexity index is 969. The number of rotatable bonds is 3. The van der Waals surface area contributed by atoms with Crippen LogP contribution < -0.4 is 20.1 Å².